The lowest BCUT2D eigenvalue weighted by atomic mass is 10.1. The van der Waals surface area contributed by atoms with E-state index < -0.39 is 0 Å². The molecule has 19 heavy (non-hydrogen) atoms. The molecule has 0 atom stereocenters. The van der Waals surface area contributed by atoms with Crippen LogP contribution in [0.4, 0.5) is 11.4 Å². The second kappa shape index (κ2) is 5.98. The van der Waals surface area contributed by atoms with Crippen LogP contribution in [0.5, 0.6) is 0 Å². The average molecular weight is 339 g/mol. The predicted molar refractivity (Wildman–Crippen MR) is 87.7 cm³/mol. The Bertz CT molecular complexity index is 575. The maximum Gasteiger partial charge on any atom is 0.0485 e. The van der Waals surface area contributed by atoms with Crippen molar-refractivity contribution in [2.45, 2.75) is 19.7 Å². The number of alkyl halides is 1. The summed E-state index contributed by atoms with van der Waals surface area (Å²) in [5, 5.41) is 0. The fourth-order valence-corrected chi connectivity index (χ4v) is 3.05. The molecular formula is C16H17BrClN. The number of nitrogens with zero attached hydrogens (tertiary/aromatic N) is 1. The van der Waals surface area contributed by atoms with Crippen LogP contribution >= 0.6 is 27.5 Å². The van der Waals surface area contributed by atoms with Crippen LogP contribution in [0.15, 0.2) is 40.9 Å². The van der Waals surface area contributed by atoms with Crippen molar-refractivity contribution in [1.29, 1.82) is 0 Å². The Labute approximate surface area is 128 Å². The predicted octanol–water partition coefficient (Wildman–Crippen LogP) is 5.57. The van der Waals surface area contributed by atoms with E-state index in [9.17, 15) is 0 Å². The van der Waals surface area contributed by atoms with Crippen molar-refractivity contribution in [3.8, 4) is 0 Å². The summed E-state index contributed by atoms with van der Waals surface area (Å²) in [5.41, 5.74) is 6.00. The Morgan fingerprint density at radius 3 is 2.16 bits per heavy atom. The Balaban J connectivity index is 2.38. The number of hydrogen-bond acceptors (Lipinski definition) is 1. The average Bonchev–Trinajstić information content (AvgIpc) is 2.36. The third-order valence-electron chi connectivity index (χ3n) is 3.16. The molecule has 2 aromatic carbocycles. The highest BCUT2D eigenvalue weighted by atomic mass is 79.9. The molecular weight excluding hydrogens is 322 g/mol. The van der Waals surface area contributed by atoms with Crippen LogP contribution in [-0.2, 0) is 5.88 Å². The largest absolute Gasteiger partial charge is 0.345 e. The number of hydrogen-bond donors (Lipinski definition) is 0. The SMILES string of the molecule is Cc1cc(C)cc(N(C)c2ccc(CCl)c(Br)c2)c1. The van der Waals surface area contributed by atoms with Gasteiger partial charge in [-0.3, -0.25) is 0 Å². The molecule has 3 heteroatoms. The monoisotopic (exact) mass is 337 g/mol. The van der Waals surface area contributed by atoms with E-state index in [0.717, 1.165) is 15.7 Å². The third kappa shape index (κ3) is 3.31. The Morgan fingerprint density at radius 2 is 1.63 bits per heavy atom. The molecule has 0 heterocycles. The van der Waals surface area contributed by atoms with Crippen molar-refractivity contribution in [1.82, 2.24) is 0 Å². The van der Waals surface area contributed by atoms with Gasteiger partial charge in [0.2, 0.25) is 0 Å². The molecule has 100 valence electrons. The molecule has 2 rings (SSSR count). The van der Waals surface area contributed by atoms with Gasteiger partial charge in [-0.15, -0.1) is 11.6 Å². The lowest BCUT2D eigenvalue weighted by Gasteiger charge is -2.21. The summed E-state index contributed by atoms with van der Waals surface area (Å²) < 4.78 is 1.05. The summed E-state index contributed by atoms with van der Waals surface area (Å²) in [4.78, 5) is 2.18. The molecule has 1 nitrogen and oxygen atoms in total. The van der Waals surface area contributed by atoms with Crippen molar-refractivity contribution < 1.29 is 0 Å². The first-order chi connectivity index (χ1) is 9.01. The summed E-state index contributed by atoms with van der Waals surface area (Å²) >= 11 is 9.45. The summed E-state index contributed by atoms with van der Waals surface area (Å²) in [7, 11) is 2.08. The molecule has 0 aromatic heterocycles. The van der Waals surface area contributed by atoms with Gasteiger partial charge in [0.05, 0.1) is 0 Å². The fourth-order valence-electron chi connectivity index (χ4n) is 2.15. The van der Waals surface area contributed by atoms with Crippen molar-refractivity contribution in [3.05, 3.63) is 57.6 Å². The Morgan fingerprint density at radius 1 is 1.00 bits per heavy atom. The first-order valence-corrected chi connectivity index (χ1v) is 7.50. The summed E-state index contributed by atoms with van der Waals surface area (Å²) in [6, 6.07) is 12.8. The van der Waals surface area contributed by atoms with Crippen LogP contribution in [-0.4, -0.2) is 7.05 Å². The first kappa shape index (κ1) is 14.4. The van der Waals surface area contributed by atoms with E-state index in [1.165, 1.54) is 16.8 Å². The summed E-state index contributed by atoms with van der Waals surface area (Å²) in [6.45, 7) is 4.24. The van der Waals surface area contributed by atoms with Crippen molar-refractivity contribution in [2.75, 3.05) is 11.9 Å². The zero-order valence-electron chi connectivity index (χ0n) is 11.4. The van der Waals surface area contributed by atoms with E-state index in [1.54, 1.807) is 0 Å². The van der Waals surface area contributed by atoms with Crippen LogP contribution in [0.25, 0.3) is 0 Å². The van der Waals surface area contributed by atoms with Gasteiger partial charge < -0.3 is 4.90 Å². The van der Waals surface area contributed by atoms with Crippen molar-refractivity contribution in [3.63, 3.8) is 0 Å². The highest BCUT2D eigenvalue weighted by molar-refractivity contribution is 9.10. The minimum absolute atomic E-state index is 0.522. The van der Waals surface area contributed by atoms with Gasteiger partial charge in [-0.25, -0.2) is 0 Å². The minimum Gasteiger partial charge on any atom is -0.345 e. The molecule has 0 aliphatic heterocycles. The summed E-state index contributed by atoms with van der Waals surface area (Å²) in [6.07, 6.45) is 0. The van der Waals surface area contributed by atoms with E-state index in [1.807, 2.05) is 0 Å². The first-order valence-electron chi connectivity index (χ1n) is 6.17. The molecule has 0 amide bonds. The maximum absolute atomic E-state index is 5.88. The van der Waals surface area contributed by atoms with Crippen molar-refractivity contribution in [2.24, 2.45) is 0 Å². The van der Waals surface area contributed by atoms with Gasteiger partial charge in [0.15, 0.2) is 0 Å². The Hall–Kier alpha value is -0.990. The van der Waals surface area contributed by atoms with Crippen LogP contribution < -0.4 is 4.90 Å². The second-order valence-electron chi connectivity index (χ2n) is 4.81. The van der Waals surface area contributed by atoms with Gasteiger partial charge >= 0.3 is 0 Å². The number of halogens is 2. The molecule has 0 unspecified atom stereocenters. The van der Waals surface area contributed by atoms with Gasteiger partial charge in [0, 0.05) is 28.8 Å². The molecule has 0 fully saturated rings. The van der Waals surface area contributed by atoms with Gasteiger partial charge in [0.25, 0.3) is 0 Å². The smallest absolute Gasteiger partial charge is 0.0485 e. The van der Waals surface area contributed by atoms with E-state index in [4.69, 9.17) is 11.6 Å². The highest BCUT2D eigenvalue weighted by Crippen LogP contribution is 2.30. The van der Waals surface area contributed by atoms with Gasteiger partial charge in [-0.05, 0) is 54.8 Å². The van der Waals surface area contributed by atoms with Crippen LogP contribution in [0.2, 0.25) is 0 Å². The molecule has 0 aliphatic rings. The normalized spacial score (nSPS) is 10.6. The molecule has 0 saturated heterocycles. The highest BCUT2D eigenvalue weighted by Gasteiger charge is 2.07. The van der Waals surface area contributed by atoms with Gasteiger partial charge in [0.1, 0.15) is 0 Å². The lowest BCUT2D eigenvalue weighted by Crippen LogP contribution is -2.10. The van der Waals surface area contributed by atoms with Crippen LogP contribution in [0, 0.1) is 13.8 Å². The van der Waals surface area contributed by atoms with Gasteiger partial charge in [-0.1, -0.05) is 28.1 Å². The molecule has 0 N–H and O–H groups in total. The number of benzene rings is 2. The fraction of sp³-hybridized carbons (Fsp3) is 0.250. The quantitative estimate of drug-likeness (QED) is 0.661. The van der Waals surface area contributed by atoms with E-state index >= 15 is 0 Å². The molecule has 0 saturated carbocycles. The molecule has 0 spiro atoms. The maximum atomic E-state index is 5.88. The minimum atomic E-state index is 0.522. The molecule has 2 aromatic rings. The molecule has 0 radical (unpaired) electrons. The van der Waals surface area contributed by atoms with E-state index in [0.29, 0.717) is 5.88 Å². The van der Waals surface area contributed by atoms with E-state index in [2.05, 4.69) is 78.1 Å². The zero-order chi connectivity index (χ0) is 14.0. The number of rotatable bonds is 3. The molecule has 0 bridgehead atoms. The third-order valence-corrected chi connectivity index (χ3v) is 4.19. The topological polar surface area (TPSA) is 3.24 Å². The second-order valence-corrected chi connectivity index (χ2v) is 5.94. The van der Waals surface area contributed by atoms with Gasteiger partial charge in [-0.2, -0.15) is 0 Å². The zero-order valence-corrected chi connectivity index (χ0v) is 13.7. The molecule has 0 aliphatic carbocycles. The van der Waals surface area contributed by atoms with Crippen molar-refractivity contribution >= 4 is 38.9 Å². The number of anilines is 2. The summed E-state index contributed by atoms with van der Waals surface area (Å²) in [5.74, 6) is 0.522. The standard InChI is InChI=1S/C16H17BrClN/c1-11-6-12(2)8-15(7-11)19(3)14-5-4-13(10-18)16(17)9-14/h4-9H,10H2,1-3H3. The lowest BCUT2D eigenvalue weighted by molar-refractivity contribution is 1.18. The number of aryl methyl sites for hydroxylation is 2. The van der Waals surface area contributed by atoms with Crippen LogP contribution in [0.3, 0.4) is 0 Å². The van der Waals surface area contributed by atoms with Crippen LogP contribution in [0.1, 0.15) is 16.7 Å². The van der Waals surface area contributed by atoms with E-state index in [-0.39, 0.29) is 0 Å². The Kier molecular flexibility index (Phi) is 4.54.